The molecule has 86 valence electrons. The van der Waals surface area contributed by atoms with E-state index in [-0.39, 0.29) is 6.42 Å². The van der Waals surface area contributed by atoms with E-state index in [4.69, 9.17) is 0 Å². The summed E-state index contributed by atoms with van der Waals surface area (Å²) >= 11 is 0. The molecule has 0 aromatic carbocycles. The first kappa shape index (κ1) is 13.7. The number of H-pyrrole nitrogens is 1. The standard InChI is InChI=1S/C8H14N2.C3H6O2/c1-3-4-5-8-9-6-7-10(8)2;1-2-3(4)5/h6-7H,3-5H2,1-2H3;2H2,1H3,(H,4,5). The van der Waals surface area contributed by atoms with E-state index in [0.717, 1.165) is 0 Å². The molecule has 0 unspecified atom stereocenters. The van der Waals surface area contributed by atoms with Crippen LogP contribution in [0.2, 0.25) is 0 Å². The Morgan fingerprint density at radius 2 is 2.13 bits per heavy atom. The largest absolute Gasteiger partial charge is 0.550 e. The Morgan fingerprint density at radius 3 is 2.47 bits per heavy atom. The molecular weight excluding hydrogens is 192 g/mol. The number of aromatic amines is 1. The lowest BCUT2D eigenvalue weighted by atomic mass is 10.2. The highest BCUT2D eigenvalue weighted by Gasteiger charge is 2.03. The Hall–Kier alpha value is -1.32. The van der Waals surface area contributed by atoms with Crippen LogP contribution in [0.1, 0.15) is 38.9 Å². The molecule has 0 fully saturated rings. The van der Waals surface area contributed by atoms with Gasteiger partial charge < -0.3 is 9.90 Å². The van der Waals surface area contributed by atoms with Crippen molar-refractivity contribution in [1.82, 2.24) is 4.98 Å². The van der Waals surface area contributed by atoms with Crippen molar-refractivity contribution in [3.63, 3.8) is 0 Å². The summed E-state index contributed by atoms with van der Waals surface area (Å²) in [6.45, 7) is 3.75. The van der Waals surface area contributed by atoms with Crippen LogP contribution in [-0.4, -0.2) is 11.0 Å². The Kier molecular flexibility index (Phi) is 7.32. The summed E-state index contributed by atoms with van der Waals surface area (Å²) in [7, 11) is 2.07. The maximum absolute atomic E-state index is 9.26. The number of imidazole rings is 1. The third kappa shape index (κ3) is 6.71. The smallest absolute Gasteiger partial charge is 0.253 e. The van der Waals surface area contributed by atoms with E-state index in [1.807, 2.05) is 12.4 Å². The summed E-state index contributed by atoms with van der Waals surface area (Å²) in [5.74, 6) is 0.326. The third-order valence-corrected chi connectivity index (χ3v) is 2.03. The molecule has 4 nitrogen and oxygen atoms in total. The zero-order chi connectivity index (χ0) is 11.7. The second kappa shape index (κ2) is 8.03. The normalized spacial score (nSPS) is 9.27. The van der Waals surface area contributed by atoms with Gasteiger partial charge in [0.05, 0.1) is 7.05 Å². The summed E-state index contributed by atoms with van der Waals surface area (Å²) in [4.78, 5) is 12.5. The number of carboxylic acids is 1. The van der Waals surface area contributed by atoms with E-state index in [2.05, 4.69) is 23.5 Å². The van der Waals surface area contributed by atoms with Crippen molar-refractivity contribution in [1.29, 1.82) is 0 Å². The monoisotopic (exact) mass is 212 g/mol. The number of hydrogen-bond donors (Lipinski definition) is 1. The van der Waals surface area contributed by atoms with Crippen LogP contribution in [0.3, 0.4) is 0 Å². The fourth-order valence-electron chi connectivity index (χ4n) is 1.03. The molecule has 4 heteroatoms. The zero-order valence-electron chi connectivity index (χ0n) is 9.75. The van der Waals surface area contributed by atoms with Gasteiger partial charge >= 0.3 is 0 Å². The van der Waals surface area contributed by atoms with E-state index >= 15 is 0 Å². The molecule has 1 rings (SSSR count). The summed E-state index contributed by atoms with van der Waals surface area (Å²) < 4.78 is 2.13. The number of carboxylic acid groups (broad SMARTS) is 1. The summed E-state index contributed by atoms with van der Waals surface area (Å²) in [5.41, 5.74) is 0. The second-order valence-corrected chi connectivity index (χ2v) is 3.35. The van der Waals surface area contributed by atoms with Gasteiger partial charge in [0.1, 0.15) is 12.4 Å². The van der Waals surface area contributed by atoms with Crippen molar-refractivity contribution in [2.75, 3.05) is 0 Å². The number of aliphatic carboxylic acids is 1. The summed E-state index contributed by atoms with van der Waals surface area (Å²) in [6.07, 6.45) is 7.84. The molecule has 0 bridgehead atoms. The quantitative estimate of drug-likeness (QED) is 0.731. The molecule has 0 aliphatic rings. The van der Waals surface area contributed by atoms with Crippen molar-refractivity contribution >= 4 is 5.97 Å². The first-order valence-corrected chi connectivity index (χ1v) is 5.33. The Morgan fingerprint density at radius 1 is 1.53 bits per heavy atom. The Balaban J connectivity index is 0.000000336. The maximum Gasteiger partial charge on any atom is 0.253 e. The number of aryl methyl sites for hydroxylation is 2. The molecule has 0 spiro atoms. The molecule has 15 heavy (non-hydrogen) atoms. The van der Waals surface area contributed by atoms with Crippen LogP contribution in [0, 0.1) is 0 Å². The first-order valence-electron chi connectivity index (χ1n) is 5.33. The summed E-state index contributed by atoms with van der Waals surface area (Å²) in [6, 6.07) is 0. The number of nitrogens with one attached hydrogen (secondary N) is 1. The van der Waals surface area contributed by atoms with Crippen molar-refractivity contribution in [2.24, 2.45) is 7.05 Å². The Labute approximate surface area is 91.0 Å². The average Bonchev–Trinajstić information content (AvgIpc) is 2.62. The number of carbonyl (C=O) groups excluding carboxylic acids is 1. The van der Waals surface area contributed by atoms with Gasteiger partial charge in [-0.1, -0.05) is 20.3 Å². The zero-order valence-corrected chi connectivity index (χ0v) is 9.75. The van der Waals surface area contributed by atoms with Crippen LogP contribution >= 0.6 is 0 Å². The topological polar surface area (TPSA) is 59.8 Å². The van der Waals surface area contributed by atoms with E-state index < -0.39 is 5.97 Å². The molecule has 0 saturated carbocycles. The fourth-order valence-corrected chi connectivity index (χ4v) is 1.03. The molecule has 1 N–H and O–H groups in total. The number of nitrogens with zero attached hydrogens (tertiary/aromatic N) is 1. The summed E-state index contributed by atoms with van der Waals surface area (Å²) in [5, 5.41) is 9.26. The Bertz CT molecular complexity index is 282. The van der Waals surface area contributed by atoms with Crippen molar-refractivity contribution in [3.8, 4) is 0 Å². The highest BCUT2D eigenvalue weighted by molar-refractivity contribution is 5.63. The third-order valence-electron chi connectivity index (χ3n) is 2.03. The molecule has 0 saturated heterocycles. The van der Waals surface area contributed by atoms with Gasteiger partial charge in [0.25, 0.3) is 5.82 Å². The van der Waals surface area contributed by atoms with Gasteiger partial charge in [-0.25, -0.2) is 9.55 Å². The molecule has 0 radical (unpaired) electrons. The maximum atomic E-state index is 9.26. The minimum Gasteiger partial charge on any atom is -0.550 e. The highest BCUT2D eigenvalue weighted by atomic mass is 16.4. The second-order valence-electron chi connectivity index (χ2n) is 3.35. The van der Waals surface area contributed by atoms with E-state index in [9.17, 15) is 9.90 Å². The minimum absolute atomic E-state index is 0.111. The molecular formula is C11H20N2O2. The minimum atomic E-state index is -0.995. The SMILES string of the molecule is CCC(=O)[O-].CCCCc1[nH]cc[n+]1C. The van der Waals surface area contributed by atoms with Gasteiger partial charge in [0, 0.05) is 12.4 Å². The molecule has 1 heterocycles. The van der Waals surface area contributed by atoms with Crippen LogP contribution < -0.4 is 9.67 Å². The van der Waals surface area contributed by atoms with Gasteiger partial charge in [-0.15, -0.1) is 0 Å². The van der Waals surface area contributed by atoms with Gasteiger partial charge in [-0.05, 0) is 12.8 Å². The number of aromatic nitrogens is 2. The molecule has 0 atom stereocenters. The van der Waals surface area contributed by atoms with Gasteiger partial charge in [0.2, 0.25) is 0 Å². The van der Waals surface area contributed by atoms with Gasteiger partial charge in [-0.3, -0.25) is 0 Å². The molecule has 1 aromatic heterocycles. The van der Waals surface area contributed by atoms with E-state index in [1.165, 1.54) is 32.0 Å². The molecule has 0 aliphatic carbocycles. The average molecular weight is 212 g/mol. The van der Waals surface area contributed by atoms with E-state index in [0.29, 0.717) is 0 Å². The van der Waals surface area contributed by atoms with Gasteiger partial charge in [0.15, 0.2) is 0 Å². The predicted octanol–water partition coefficient (Wildman–Crippen LogP) is 0.328. The molecule has 1 aromatic rings. The van der Waals surface area contributed by atoms with Crippen molar-refractivity contribution in [3.05, 3.63) is 18.2 Å². The van der Waals surface area contributed by atoms with E-state index in [1.54, 1.807) is 0 Å². The van der Waals surface area contributed by atoms with Crippen LogP contribution in [-0.2, 0) is 18.3 Å². The van der Waals surface area contributed by atoms with Crippen LogP contribution in [0.4, 0.5) is 0 Å². The lowest BCUT2D eigenvalue weighted by Crippen LogP contribution is -2.30. The highest BCUT2D eigenvalue weighted by Crippen LogP contribution is 1.94. The number of rotatable bonds is 4. The van der Waals surface area contributed by atoms with Crippen LogP contribution in [0.5, 0.6) is 0 Å². The van der Waals surface area contributed by atoms with Crippen molar-refractivity contribution in [2.45, 2.75) is 39.5 Å². The number of unbranched alkanes of at least 4 members (excludes halogenated alkanes) is 1. The van der Waals surface area contributed by atoms with Crippen LogP contribution in [0.15, 0.2) is 12.4 Å². The fraction of sp³-hybridized carbons (Fsp3) is 0.636. The molecule has 0 aliphatic heterocycles. The lowest BCUT2D eigenvalue weighted by molar-refractivity contribution is -0.677. The van der Waals surface area contributed by atoms with Gasteiger partial charge in [-0.2, -0.15) is 0 Å². The molecule has 0 amide bonds. The number of carbonyl (C=O) groups is 1. The number of hydrogen-bond acceptors (Lipinski definition) is 2. The van der Waals surface area contributed by atoms with Crippen molar-refractivity contribution < 1.29 is 14.5 Å². The lowest BCUT2D eigenvalue weighted by Gasteiger charge is -1.91. The first-order chi connectivity index (χ1) is 7.11. The predicted molar refractivity (Wildman–Crippen MR) is 55.9 cm³/mol. The van der Waals surface area contributed by atoms with Crippen LogP contribution in [0.25, 0.3) is 0 Å².